The van der Waals surface area contributed by atoms with Gasteiger partial charge in [0.1, 0.15) is 11.9 Å². The van der Waals surface area contributed by atoms with Crippen LogP contribution in [-0.4, -0.2) is 40.1 Å². The van der Waals surface area contributed by atoms with Gasteiger partial charge in [0.05, 0.1) is 12.5 Å². The number of carbonyl (C=O) groups excluding carboxylic acids is 2. The van der Waals surface area contributed by atoms with Gasteiger partial charge in [-0.2, -0.15) is 0 Å². The molecule has 30 heavy (non-hydrogen) atoms. The predicted molar refractivity (Wildman–Crippen MR) is 114 cm³/mol. The third-order valence-electron chi connectivity index (χ3n) is 7.41. The van der Waals surface area contributed by atoms with Crippen LogP contribution in [0.5, 0.6) is 0 Å². The van der Waals surface area contributed by atoms with Gasteiger partial charge in [-0.15, -0.1) is 0 Å². The number of allylic oxidation sites excluding steroid dienone is 1. The van der Waals surface area contributed by atoms with Crippen molar-refractivity contribution in [3.8, 4) is 0 Å². The fourth-order valence-electron chi connectivity index (χ4n) is 5.68. The monoisotopic (exact) mass is 420 g/mol. The van der Waals surface area contributed by atoms with Crippen molar-refractivity contribution >= 4 is 17.7 Å². The van der Waals surface area contributed by atoms with Crippen molar-refractivity contribution in [3.05, 3.63) is 23.8 Å². The number of carboxylic acid groups (broad SMARTS) is 1. The van der Waals surface area contributed by atoms with E-state index >= 15 is 0 Å². The van der Waals surface area contributed by atoms with Gasteiger partial charge in [0, 0.05) is 17.4 Å². The number of ether oxygens (including phenoxy) is 1. The van der Waals surface area contributed by atoms with Crippen molar-refractivity contribution < 1.29 is 29.3 Å². The molecule has 2 N–H and O–H groups in total. The van der Waals surface area contributed by atoms with Gasteiger partial charge in [-0.25, -0.2) is 4.79 Å². The Labute approximate surface area is 179 Å². The molecule has 0 saturated heterocycles. The van der Waals surface area contributed by atoms with E-state index in [2.05, 4.69) is 26.8 Å². The Kier molecular flexibility index (Phi) is 7.67. The summed E-state index contributed by atoms with van der Waals surface area (Å²) < 4.78 is 5.52. The first-order valence-electron chi connectivity index (χ1n) is 10.9. The summed E-state index contributed by atoms with van der Waals surface area (Å²) in [4.78, 5) is 35.9. The second-order valence-electron chi connectivity index (χ2n) is 9.48. The molecular formula is C24H36O6. The molecule has 0 aromatic heterocycles. The molecular weight excluding hydrogens is 384 g/mol. The molecule has 2 aliphatic carbocycles. The number of fused-ring (bicyclic) bond motifs is 1. The molecule has 0 spiro atoms. The molecule has 8 atom stereocenters. The molecule has 2 rings (SSSR count). The SMILES string of the molecule is CCC(C)C1C=CC2C(O)C(OC(=O)C=C(C)CC(=O)O)CC(C)C2C1(C)C(C)=O. The van der Waals surface area contributed by atoms with Gasteiger partial charge in [-0.3, -0.25) is 9.59 Å². The van der Waals surface area contributed by atoms with Gasteiger partial charge >= 0.3 is 11.9 Å². The third-order valence-corrected chi connectivity index (χ3v) is 7.41. The maximum Gasteiger partial charge on any atom is 0.331 e. The summed E-state index contributed by atoms with van der Waals surface area (Å²) in [6.45, 7) is 11.6. The Morgan fingerprint density at radius 1 is 1.27 bits per heavy atom. The Morgan fingerprint density at radius 3 is 2.43 bits per heavy atom. The summed E-state index contributed by atoms with van der Waals surface area (Å²) >= 11 is 0. The van der Waals surface area contributed by atoms with Gasteiger partial charge in [0.15, 0.2) is 0 Å². The summed E-state index contributed by atoms with van der Waals surface area (Å²) in [6, 6.07) is 0. The number of hydrogen-bond acceptors (Lipinski definition) is 5. The van der Waals surface area contributed by atoms with Crippen LogP contribution in [0.2, 0.25) is 0 Å². The van der Waals surface area contributed by atoms with Gasteiger partial charge in [-0.05, 0) is 43.9 Å². The number of aliphatic hydroxyl groups excluding tert-OH is 1. The Balaban J connectivity index is 2.28. The molecule has 0 radical (unpaired) electrons. The fourth-order valence-corrected chi connectivity index (χ4v) is 5.68. The van der Waals surface area contributed by atoms with Crippen LogP contribution in [0.3, 0.4) is 0 Å². The number of ketones is 1. The summed E-state index contributed by atoms with van der Waals surface area (Å²) in [7, 11) is 0. The highest BCUT2D eigenvalue weighted by molar-refractivity contribution is 5.84. The Hall–Kier alpha value is -1.95. The van der Waals surface area contributed by atoms with E-state index in [4.69, 9.17) is 9.84 Å². The topological polar surface area (TPSA) is 101 Å². The van der Waals surface area contributed by atoms with Crippen LogP contribution in [0.1, 0.15) is 60.8 Å². The number of carboxylic acids is 1. The van der Waals surface area contributed by atoms with E-state index in [1.807, 2.05) is 13.0 Å². The van der Waals surface area contributed by atoms with E-state index in [0.717, 1.165) is 6.42 Å². The Bertz CT molecular complexity index is 738. The zero-order valence-electron chi connectivity index (χ0n) is 18.9. The first-order valence-corrected chi connectivity index (χ1v) is 10.9. The average molecular weight is 421 g/mol. The molecule has 6 nitrogen and oxygen atoms in total. The van der Waals surface area contributed by atoms with Crippen LogP contribution >= 0.6 is 0 Å². The van der Waals surface area contributed by atoms with Crippen LogP contribution < -0.4 is 0 Å². The number of aliphatic carboxylic acids is 1. The Morgan fingerprint density at radius 2 is 1.90 bits per heavy atom. The van der Waals surface area contributed by atoms with Gasteiger partial charge in [0.25, 0.3) is 0 Å². The van der Waals surface area contributed by atoms with E-state index in [-0.39, 0.29) is 35.9 Å². The molecule has 8 unspecified atom stereocenters. The molecule has 2 aliphatic rings. The lowest BCUT2D eigenvalue weighted by molar-refractivity contribution is -0.170. The minimum atomic E-state index is -1.02. The molecule has 0 amide bonds. The lowest BCUT2D eigenvalue weighted by Crippen LogP contribution is -2.58. The maximum atomic E-state index is 12.9. The number of hydrogen-bond donors (Lipinski definition) is 2. The summed E-state index contributed by atoms with van der Waals surface area (Å²) in [5.41, 5.74) is -0.191. The van der Waals surface area contributed by atoms with Crippen molar-refractivity contribution in [2.24, 2.45) is 35.0 Å². The van der Waals surface area contributed by atoms with E-state index < -0.39 is 29.6 Å². The highest BCUT2D eigenvalue weighted by Crippen LogP contribution is 2.55. The number of esters is 1. The van der Waals surface area contributed by atoms with Crippen LogP contribution in [0.25, 0.3) is 0 Å². The zero-order chi connectivity index (χ0) is 22.8. The van der Waals surface area contributed by atoms with Crippen molar-refractivity contribution in [2.75, 3.05) is 0 Å². The second-order valence-corrected chi connectivity index (χ2v) is 9.48. The van der Waals surface area contributed by atoms with Crippen LogP contribution in [0.15, 0.2) is 23.8 Å². The normalized spacial score (nSPS) is 37.2. The minimum absolute atomic E-state index is 0.0340. The average Bonchev–Trinajstić information content (AvgIpc) is 2.63. The van der Waals surface area contributed by atoms with Crippen molar-refractivity contribution in [1.29, 1.82) is 0 Å². The number of carbonyl (C=O) groups is 3. The van der Waals surface area contributed by atoms with Crippen LogP contribution in [-0.2, 0) is 19.1 Å². The molecule has 1 fully saturated rings. The van der Waals surface area contributed by atoms with Crippen molar-refractivity contribution in [3.63, 3.8) is 0 Å². The van der Waals surface area contributed by atoms with E-state index in [0.29, 0.717) is 17.9 Å². The van der Waals surface area contributed by atoms with E-state index in [1.165, 1.54) is 6.08 Å². The zero-order valence-corrected chi connectivity index (χ0v) is 18.9. The quantitative estimate of drug-likeness (QED) is 0.369. The first-order chi connectivity index (χ1) is 13.9. The maximum absolute atomic E-state index is 12.9. The van der Waals surface area contributed by atoms with E-state index in [9.17, 15) is 19.5 Å². The summed E-state index contributed by atoms with van der Waals surface area (Å²) in [5, 5.41) is 19.9. The molecule has 1 saturated carbocycles. The van der Waals surface area contributed by atoms with Gasteiger partial charge in [0.2, 0.25) is 0 Å². The van der Waals surface area contributed by atoms with Crippen LogP contribution in [0, 0.1) is 35.0 Å². The standard InChI is InChI=1S/C24H36O6/c1-7-14(3)18-9-8-17-22(24(18,6)16(5)25)15(4)12-19(23(17)29)30-21(28)11-13(2)10-20(26)27/h8-9,11,14-15,17-19,22-23,29H,7,10,12H2,1-6H3,(H,26,27). The predicted octanol–water partition coefficient (Wildman–Crippen LogP) is 3.78. The largest absolute Gasteiger partial charge is 0.481 e. The molecule has 0 heterocycles. The molecule has 6 heteroatoms. The second kappa shape index (κ2) is 9.46. The summed E-state index contributed by atoms with van der Waals surface area (Å²) in [6.07, 6.45) is 4.86. The first kappa shape index (κ1) is 24.3. The van der Waals surface area contributed by atoms with E-state index in [1.54, 1.807) is 13.8 Å². The van der Waals surface area contributed by atoms with Crippen molar-refractivity contribution in [2.45, 2.75) is 73.0 Å². The highest BCUT2D eigenvalue weighted by atomic mass is 16.6. The third kappa shape index (κ3) is 4.69. The molecule has 0 aromatic rings. The number of aliphatic hydroxyl groups is 1. The molecule has 168 valence electrons. The number of rotatable bonds is 7. The van der Waals surface area contributed by atoms with Gasteiger partial charge < -0.3 is 14.9 Å². The van der Waals surface area contributed by atoms with Gasteiger partial charge in [-0.1, -0.05) is 51.8 Å². The molecule has 0 aliphatic heterocycles. The van der Waals surface area contributed by atoms with Crippen molar-refractivity contribution in [1.82, 2.24) is 0 Å². The molecule has 0 aromatic carbocycles. The lowest BCUT2D eigenvalue weighted by atomic mass is 9.49. The minimum Gasteiger partial charge on any atom is -0.481 e. The number of Topliss-reactive ketones (excluding diaryl/α,β-unsaturated/α-hetero) is 1. The smallest absolute Gasteiger partial charge is 0.331 e. The lowest BCUT2D eigenvalue weighted by Gasteiger charge is -2.55. The van der Waals surface area contributed by atoms with Crippen LogP contribution in [0.4, 0.5) is 0 Å². The highest BCUT2D eigenvalue weighted by Gasteiger charge is 2.57. The fraction of sp³-hybridized carbons (Fsp3) is 0.708. The molecule has 0 bridgehead atoms. The summed E-state index contributed by atoms with van der Waals surface area (Å²) in [5.74, 6) is -1.31.